The van der Waals surface area contributed by atoms with E-state index in [9.17, 15) is 4.79 Å². The van der Waals surface area contributed by atoms with Crippen molar-refractivity contribution < 1.29 is 10.6 Å². The van der Waals surface area contributed by atoms with Gasteiger partial charge in [0.1, 0.15) is 0 Å². The molecule has 108 valence electrons. The Morgan fingerprint density at radius 1 is 1.05 bits per heavy atom. The van der Waals surface area contributed by atoms with Crippen molar-refractivity contribution in [1.29, 1.82) is 0 Å². The molecule has 2 aromatic carbocycles. The molecule has 21 heavy (non-hydrogen) atoms. The maximum Gasteiger partial charge on any atom is 0.265 e. The number of carbonyl (C=O) groups excluding carboxylic acids is 1. The molecule has 0 saturated heterocycles. The number of aromatic nitrogens is 2. The molecule has 1 aromatic heterocycles. The number of nitrogen functional groups attached to an aromatic ring is 1. The average Bonchev–Trinajstić information content (AvgIpc) is 3.11. The molecule has 6 nitrogen and oxygen atoms in total. The monoisotopic (exact) mass is 284 g/mol. The highest BCUT2D eigenvalue weighted by Gasteiger charge is 1.99. The van der Waals surface area contributed by atoms with Crippen LogP contribution in [0.3, 0.4) is 0 Å². The second-order valence-electron chi connectivity index (χ2n) is 3.95. The number of benzene rings is 2. The van der Waals surface area contributed by atoms with Gasteiger partial charge >= 0.3 is 0 Å². The first-order chi connectivity index (χ1) is 10.3. The Morgan fingerprint density at radius 2 is 1.67 bits per heavy atom. The minimum atomic E-state index is -0.263. The van der Waals surface area contributed by atoms with E-state index in [4.69, 9.17) is 10.3 Å². The Hall–Kier alpha value is -2.99. The number of hydrazine groups is 1. The summed E-state index contributed by atoms with van der Waals surface area (Å²) < 4.78 is 5.00. The van der Waals surface area contributed by atoms with Crippen LogP contribution in [0.4, 0.5) is 0 Å². The molecule has 0 unspecified atom stereocenters. The molecule has 0 fully saturated rings. The largest absolute Gasteiger partial charge is 0.423 e. The topological polar surface area (TPSA) is 94.0 Å². The lowest BCUT2D eigenvalue weighted by Crippen LogP contribution is -2.29. The van der Waals surface area contributed by atoms with Crippen LogP contribution in [0.25, 0.3) is 11.5 Å². The minimum absolute atomic E-state index is 0. The van der Waals surface area contributed by atoms with E-state index in [1.54, 1.807) is 24.3 Å². The molecule has 0 aliphatic carbocycles. The predicted molar refractivity (Wildman–Crippen MR) is 79.9 cm³/mol. The molecule has 0 aliphatic rings. The first-order valence-electron chi connectivity index (χ1n) is 6.19. The summed E-state index contributed by atoms with van der Waals surface area (Å²) in [6.07, 6.45) is 1.32. The number of hydrogen-bond donors (Lipinski definition) is 2. The van der Waals surface area contributed by atoms with Crippen molar-refractivity contribution in [2.45, 2.75) is 0 Å². The van der Waals surface area contributed by atoms with Crippen LogP contribution < -0.4 is 11.3 Å². The minimum Gasteiger partial charge on any atom is -0.423 e. The number of carbonyl (C=O) groups is 1. The smallest absolute Gasteiger partial charge is 0.265 e. The van der Waals surface area contributed by atoms with E-state index in [0.29, 0.717) is 11.5 Å². The van der Waals surface area contributed by atoms with Crippen LogP contribution in [0.2, 0.25) is 0 Å². The Balaban J connectivity index is 0.000000212. The van der Waals surface area contributed by atoms with Crippen LogP contribution in [-0.2, 0) is 0 Å². The Labute approximate surface area is 123 Å². The number of nitrogens with zero attached hydrogens (tertiary/aromatic N) is 2. The first kappa shape index (κ1) is 14.4. The van der Waals surface area contributed by atoms with Crippen LogP contribution in [0.1, 0.15) is 11.8 Å². The van der Waals surface area contributed by atoms with Gasteiger partial charge in [0.15, 0.2) is 0 Å². The van der Waals surface area contributed by atoms with Gasteiger partial charge in [0.25, 0.3) is 5.91 Å². The first-order valence-corrected chi connectivity index (χ1v) is 6.19. The van der Waals surface area contributed by atoms with Crippen molar-refractivity contribution in [2.24, 2.45) is 5.84 Å². The third-order valence-electron chi connectivity index (χ3n) is 2.55. The van der Waals surface area contributed by atoms with E-state index in [1.807, 2.05) is 41.8 Å². The molecule has 6 heteroatoms. The highest BCUT2D eigenvalue weighted by molar-refractivity contribution is 5.93. The number of amides is 1. The molecule has 3 N–H and O–H groups in total. The van der Waals surface area contributed by atoms with Gasteiger partial charge in [0.05, 0.1) is 0 Å². The molecule has 3 rings (SSSR count). The highest BCUT2D eigenvalue weighted by Crippen LogP contribution is 2.13. The van der Waals surface area contributed by atoms with Gasteiger partial charge in [-0.1, -0.05) is 36.4 Å². The van der Waals surface area contributed by atoms with Gasteiger partial charge < -0.3 is 4.42 Å². The van der Waals surface area contributed by atoms with E-state index >= 15 is 0 Å². The summed E-state index contributed by atoms with van der Waals surface area (Å²) in [5.41, 5.74) is 3.57. The van der Waals surface area contributed by atoms with Crippen molar-refractivity contribution >= 4 is 5.91 Å². The molecule has 3 aromatic rings. The number of nitrogens with one attached hydrogen (secondary N) is 1. The summed E-state index contributed by atoms with van der Waals surface area (Å²) >= 11 is 0. The van der Waals surface area contributed by atoms with E-state index in [0.717, 1.165) is 5.56 Å². The maximum absolute atomic E-state index is 10.8. The fraction of sp³-hybridized carbons (Fsp3) is 0. The Kier molecular flexibility index (Phi) is 5.19. The van der Waals surface area contributed by atoms with Crippen LogP contribution in [0.15, 0.2) is 71.5 Å². The number of hydrogen-bond acceptors (Lipinski definition) is 5. The zero-order valence-electron chi connectivity index (χ0n) is 11.1. The van der Waals surface area contributed by atoms with E-state index in [2.05, 4.69) is 10.2 Å². The van der Waals surface area contributed by atoms with Gasteiger partial charge in [0, 0.05) is 12.6 Å². The van der Waals surface area contributed by atoms with Crippen molar-refractivity contribution in [3.8, 4) is 11.5 Å². The van der Waals surface area contributed by atoms with Gasteiger partial charge in [-0.25, -0.2) is 5.84 Å². The fourth-order valence-corrected chi connectivity index (χ4v) is 1.55. The van der Waals surface area contributed by atoms with E-state index in [-0.39, 0.29) is 7.33 Å². The van der Waals surface area contributed by atoms with Gasteiger partial charge in [-0.15, -0.1) is 10.2 Å². The van der Waals surface area contributed by atoms with Crippen LogP contribution >= 0.6 is 0 Å². The summed E-state index contributed by atoms with van der Waals surface area (Å²) in [5.74, 6) is 5.20. The standard InChI is InChI=1S/C8H6N2O.C7H8N2O.H2/c1-2-4-7(5-3-1)8-10-9-6-11-8;8-9-7(10)6-4-2-1-3-5-6;/h1-6H;1-5H,8H2,(H,9,10);1H. The highest BCUT2D eigenvalue weighted by atomic mass is 16.4. The SMILES string of the molecule is NNC(=O)c1ccccc1.[HH].c1ccc(-c2nnco2)cc1. The molecule has 1 heterocycles. The fourth-order valence-electron chi connectivity index (χ4n) is 1.55. The van der Waals surface area contributed by atoms with Crippen LogP contribution in [0.5, 0.6) is 0 Å². The van der Waals surface area contributed by atoms with Crippen LogP contribution in [-0.4, -0.2) is 16.1 Å². The Morgan fingerprint density at radius 3 is 2.19 bits per heavy atom. The normalized spacial score (nSPS) is 9.38. The molecule has 0 radical (unpaired) electrons. The van der Waals surface area contributed by atoms with Crippen molar-refractivity contribution in [2.75, 3.05) is 0 Å². The lowest BCUT2D eigenvalue weighted by Gasteiger charge is -1.95. The van der Waals surface area contributed by atoms with Gasteiger partial charge in [-0.2, -0.15) is 0 Å². The zero-order chi connectivity index (χ0) is 14.9. The molecule has 0 atom stereocenters. The molecule has 1 amide bonds. The lowest BCUT2D eigenvalue weighted by molar-refractivity contribution is 0.0953. The second-order valence-corrected chi connectivity index (χ2v) is 3.95. The third kappa shape index (κ3) is 4.26. The molecule has 0 aliphatic heterocycles. The zero-order valence-corrected chi connectivity index (χ0v) is 11.1. The summed E-state index contributed by atoms with van der Waals surface area (Å²) in [7, 11) is 0. The van der Waals surface area contributed by atoms with Crippen molar-refractivity contribution in [3.05, 3.63) is 72.6 Å². The van der Waals surface area contributed by atoms with Gasteiger partial charge in [-0.3, -0.25) is 10.2 Å². The van der Waals surface area contributed by atoms with E-state index in [1.165, 1.54) is 6.39 Å². The molecule has 0 spiro atoms. The van der Waals surface area contributed by atoms with Crippen molar-refractivity contribution in [3.63, 3.8) is 0 Å². The lowest BCUT2D eigenvalue weighted by atomic mass is 10.2. The third-order valence-corrected chi connectivity index (χ3v) is 2.55. The van der Waals surface area contributed by atoms with E-state index < -0.39 is 0 Å². The van der Waals surface area contributed by atoms with Gasteiger partial charge in [0.2, 0.25) is 12.3 Å². The molecular formula is C15H16N4O2. The summed E-state index contributed by atoms with van der Waals surface area (Å²) in [6.45, 7) is 0. The second kappa shape index (κ2) is 7.56. The maximum atomic E-state index is 10.8. The van der Waals surface area contributed by atoms with Crippen molar-refractivity contribution in [1.82, 2.24) is 15.6 Å². The Bertz CT molecular complexity index is 661. The summed E-state index contributed by atoms with van der Waals surface area (Å²) in [4.78, 5) is 10.8. The molecular weight excluding hydrogens is 268 g/mol. The number of nitrogens with two attached hydrogens (primary N) is 1. The average molecular weight is 284 g/mol. The summed E-state index contributed by atoms with van der Waals surface area (Å²) in [6, 6.07) is 18.5. The molecule has 0 saturated carbocycles. The number of rotatable bonds is 2. The van der Waals surface area contributed by atoms with Crippen LogP contribution in [0, 0.1) is 0 Å². The predicted octanol–water partition coefficient (Wildman–Crippen LogP) is 2.27. The molecule has 0 bridgehead atoms. The summed E-state index contributed by atoms with van der Waals surface area (Å²) in [5, 5.41) is 7.35. The van der Waals surface area contributed by atoms with Gasteiger partial charge in [-0.05, 0) is 24.3 Å². The quantitative estimate of drug-likeness (QED) is 0.427.